The molecule has 0 spiro atoms. The molecule has 0 amide bonds. The Balaban J connectivity index is 1.23. The molecule has 9 aromatic carbocycles. The van der Waals surface area contributed by atoms with Crippen LogP contribution in [0.4, 0.5) is 13.2 Å². The lowest BCUT2D eigenvalue weighted by atomic mass is 9.85. The first kappa shape index (κ1) is 50.5. The third-order valence-corrected chi connectivity index (χ3v) is 15.6. The summed E-state index contributed by atoms with van der Waals surface area (Å²) < 4.78 is 54.0. The fourth-order valence-corrected chi connectivity index (χ4v) is 11.2. The monoisotopic (exact) mass is 1000 g/mol. The molecule has 0 aliphatic heterocycles. The van der Waals surface area contributed by atoms with Crippen LogP contribution in [-0.2, 0) is 27.8 Å². The molecule has 0 fully saturated rings. The molecule has 2 aromatic heterocycles. The maximum atomic E-state index is 16.6. The average molecular weight is 1010 g/mol. The van der Waals surface area contributed by atoms with Crippen molar-refractivity contribution in [3.8, 4) is 55.9 Å². The van der Waals surface area contributed by atoms with Crippen molar-refractivity contribution >= 4 is 43.6 Å². The van der Waals surface area contributed by atoms with Gasteiger partial charge in [-0.05, 0) is 168 Å². The fraction of sp³-hybridized carbons (Fsp3) is 0.239. The molecule has 0 bridgehead atoms. The van der Waals surface area contributed by atoms with Crippen LogP contribution in [0, 0.1) is 0 Å². The molecule has 2 nitrogen and oxygen atoms in total. The molecule has 382 valence electrons. The van der Waals surface area contributed by atoms with Gasteiger partial charge in [0.15, 0.2) is 0 Å². The summed E-state index contributed by atoms with van der Waals surface area (Å²) in [4.78, 5) is 0. The number of alkyl halides is 3. The van der Waals surface area contributed by atoms with Crippen LogP contribution in [0.25, 0.3) is 99.5 Å². The van der Waals surface area contributed by atoms with Gasteiger partial charge in [-0.15, -0.1) is 0 Å². The minimum absolute atomic E-state index is 0.0896. The van der Waals surface area contributed by atoms with E-state index < -0.39 is 11.7 Å². The highest BCUT2D eigenvalue weighted by Gasteiger charge is 2.38. The van der Waals surface area contributed by atoms with Gasteiger partial charge in [-0.3, -0.25) is 0 Å². The molecule has 0 N–H and O–H groups in total. The Morgan fingerprint density at radius 2 is 0.645 bits per heavy atom. The summed E-state index contributed by atoms with van der Waals surface area (Å²) in [5, 5.41) is 4.13. The molecule has 0 unspecified atom stereocenters. The fourth-order valence-electron chi connectivity index (χ4n) is 11.2. The first-order valence-corrected chi connectivity index (χ1v) is 26.6. The van der Waals surface area contributed by atoms with Crippen LogP contribution in [0.3, 0.4) is 0 Å². The van der Waals surface area contributed by atoms with E-state index in [1.165, 1.54) is 11.1 Å². The van der Waals surface area contributed by atoms with E-state index in [2.05, 4.69) is 191 Å². The predicted octanol–water partition coefficient (Wildman–Crippen LogP) is 20.8. The van der Waals surface area contributed by atoms with Crippen LogP contribution in [0.2, 0.25) is 0 Å². The SMILES string of the molecule is CC(C)(C)c1ccc2c(c1)c1cc(C(C)(C)C)ccc1n2-c1ccc(-c2cccc(-n3c4ccc(C(C)(C)C)cc4c4cc(C(C)(C)C)ccc43)c2C(F)(F)F)cc1-c1cc(-c2ccccc2)cc(-c2ccccc2)c1. The standard InChI is InChI=1S/C71H67F3N2/c1-67(2,3)50-27-32-61-56(40-50)57-41-51(68(4,5)6)28-33-62(57)75(61)60-31-26-46(39-55(60)49-37-47(44-20-15-13-16-21-44)36-48(38-49)45-22-17-14-18-23-45)54-24-19-25-65(66(54)71(72,73)74)76-63-34-29-52(69(7,8)9)42-58(63)59-43-53(70(10,11)12)30-35-64(59)76/h13-43H,1-12H3. The Hall–Kier alpha value is -7.63. The molecule has 0 aliphatic carbocycles. The van der Waals surface area contributed by atoms with Crippen molar-refractivity contribution in [1.29, 1.82) is 0 Å². The van der Waals surface area contributed by atoms with E-state index in [0.717, 1.165) is 93.8 Å². The second-order valence-corrected chi connectivity index (χ2v) is 25.1. The Morgan fingerprint density at radius 1 is 0.276 bits per heavy atom. The highest BCUT2D eigenvalue weighted by molar-refractivity contribution is 6.12. The van der Waals surface area contributed by atoms with Gasteiger partial charge < -0.3 is 9.13 Å². The Labute approximate surface area is 446 Å². The van der Waals surface area contributed by atoms with Gasteiger partial charge >= 0.3 is 6.18 Å². The van der Waals surface area contributed by atoms with Crippen molar-refractivity contribution in [3.05, 3.63) is 216 Å². The van der Waals surface area contributed by atoms with E-state index in [0.29, 0.717) is 5.56 Å². The quantitative estimate of drug-likeness (QED) is 0.157. The molecule has 0 aliphatic rings. The number of aromatic nitrogens is 2. The van der Waals surface area contributed by atoms with E-state index in [-0.39, 0.29) is 32.9 Å². The van der Waals surface area contributed by atoms with Crippen molar-refractivity contribution < 1.29 is 13.2 Å². The highest BCUT2D eigenvalue weighted by atomic mass is 19.4. The number of halogens is 3. The van der Waals surface area contributed by atoms with E-state index in [4.69, 9.17) is 0 Å². The normalized spacial score (nSPS) is 12.9. The molecule has 5 heteroatoms. The maximum Gasteiger partial charge on any atom is 0.419 e. The minimum Gasteiger partial charge on any atom is -0.309 e. The van der Waals surface area contributed by atoms with Gasteiger partial charge in [0, 0.05) is 27.1 Å². The second-order valence-electron chi connectivity index (χ2n) is 25.1. The summed E-state index contributed by atoms with van der Waals surface area (Å²) in [6.07, 6.45) is -4.74. The molecule has 0 atom stereocenters. The second kappa shape index (κ2) is 18.0. The molecule has 2 heterocycles. The third-order valence-electron chi connectivity index (χ3n) is 15.6. The van der Waals surface area contributed by atoms with Gasteiger partial charge in [0.05, 0.1) is 39.0 Å². The van der Waals surface area contributed by atoms with E-state index >= 15 is 13.2 Å². The van der Waals surface area contributed by atoms with Crippen LogP contribution in [0.5, 0.6) is 0 Å². The minimum atomic E-state index is -4.74. The van der Waals surface area contributed by atoms with Crippen LogP contribution in [0.1, 0.15) is 111 Å². The van der Waals surface area contributed by atoms with Crippen LogP contribution >= 0.6 is 0 Å². The molecule has 76 heavy (non-hydrogen) atoms. The van der Waals surface area contributed by atoms with Gasteiger partial charge in [0.2, 0.25) is 0 Å². The number of benzene rings is 9. The molecule has 11 aromatic rings. The molecule has 0 radical (unpaired) electrons. The highest BCUT2D eigenvalue weighted by Crippen LogP contribution is 2.48. The van der Waals surface area contributed by atoms with Gasteiger partial charge in [-0.25, -0.2) is 0 Å². The number of rotatable bonds is 6. The summed E-state index contributed by atoms with van der Waals surface area (Å²) in [5.74, 6) is 0. The van der Waals surface area contributed by atoms with Gasteiger partial charge in [-0.1, -0.05) is 186 Å². The lowest BCUT2D eigenvalue weighted by Gasteiger charge is -2.22. The lowest BCUT2D eigenvalue weighted by molar-refractivity contribution is -0.136. The summed E-state index contributed by atoms with van der Waals surface area (Å²) in [7, 11) is 0. The van der Waals surface area contributed by atoms with Crippen molar-refractivity contribution in [3.63, 3.8) is 0 Å². The summed E-state index contributed by atoms with van der Waals surface area (Å²) in [6, 6.07) is 64.4. The van der Waals surface area contributed by atoms with Crippen molar-refractivity contribution in [2.75, 3.05) is 0 Å². The van der Waals surface area contributed by atoms with Crippen LogP contribution in [-0.4, -0.2) is 9.13 Å². The van der Waals surface area contributed by atoms with Crippen LogP contribution < -0.4 is 0 Å². The molecular weight excluding hydrogens is 938 g/mol. The van der Waals surface area contributed by atoms with Crippen molar-refractivity contribution in [2.24, 2.45) is 0 Å². The number of hydrogen-bond donors (Lipinski definition) is 0. The number of hydrogen-bond acceptors (Lipinski definition) is 0. The number of nitrogens with zero attached hydrogens (tertiary/aromatic N) is 2. The molecular formula is C71H67F3N2. The summed E-state index contributed by atoms with van der Waals surface area (Å²) in [6.45, 7) is 26.5. The molecule has 11 rings (SSSR count). The van der Waals surface area contributed by atoms with Gasteiger partial charge in [0.1, 0.15) is 0 Å². The topological polar surface area (TPSA) is 9.86 Å². The molecule has 0 saturated heterocycles. The smallest absolute Gasteiger partial charge is 0.309 e. The Morgan fingerprint density at radius 3 is 1.01 bits per heavy atom. The van der Waals surface area contributed by atoms with Gasteiger partial charge in [0.25, 0.3) is 0 Å². The Bertz CT molecular complexity index is 3840. The van der Waals surface area contributed by atoms with Crippen LogP contribution in [0.15, 0.2) is 188 Å². The predicted molar refractivity (Wildman–Crippen MR) is 317 cm³/mol. The largest absolute Gasteiger partial charge is 0.419 e. The Kier molecular flexibility index (Phi) is 12.0. The van der Waals surface area contributed by atoms with E-state index in [1.807, 2.05) is 71.3 Å². The van der Waals surface area contributed by atoms with E-state index in [9.17, 15) is 0 Å². The lowest BCUT2D eigenvalue weighted by Crippen LogP contribution is -2.13. The zero-order chi connectivity index (χ0) is 53.9. The maximum absolute atomic E-state index is 16.6. The van der Waals surface area contributed by atoms with Crippen molar-refractivity contribution in [2.45, 2.75) is 111 Å². The third kappa shape index (κ3) is 9.02. The zero-order valence-electron chi connectivity index (χ0n) is 45.9. The zero-order valence-corrected chi connectivity index (χ0v) is 45.9. The van der Waals surface area contributed by atoms with Gasteiger partial charge in [-0.2, -0.15) is 13.2 Å². The first-order valence-electron chi connectivity index (χ1n) is 26.6. The first-order chi connectivity index (χ1) is 35.8. The van der Waals surface area contributed by atoms with Crippen molar-refractivity contribution in [1.82, 2.24) is 9.13 Å². The van der Waals surface area contributed by atoms with E-state index in [1.54, 1.807) is 18.2 Å². The summed E-state index contributed by atoms with van der Waals surface area (Å²) in [5.41, 5.74) is 14.3. The molecule has 0 saturated carbocycles. The summed E-state index contributed by atoms with van der Waals surface area (Å²) >= 11 is 0. The number of fused-ring (bicyclic) bond motifs is 6. The average Bonchev–Trinajstić information content (AvgIpc) is 3.96.